The summed E-state index contributed by atoms with van der Waals surface area (Å²) in [6.45, 7) is 8.36. The summed E-state index contributed by atoms with van der Waals surface area (Å²) < 4.78 is 0. The van der Waals surface area contributed by atoms with Crippen LogP contribution in [-0.4, -0.2) is 17.6 Å². The highest BCUT2D eigenvalue weighted by atomic mass is 16.2. The minimum Gasteiger partial charge on any atom is -0.384 e. The monoisotopic (exact) mass is 273 g/mol. The van der Waals surface area contributed by atoms with Gasteiger partial charge in [0.25, 0.3) is 0 Å². The number of anilines is 1. The molecular weight excluding hydrogens is 250 g/mol. The van der Waals surface area contributed by atoms with Crippen LogP contribution in [0.4, 0.5) is 5.69 Å². The molecule has 0 aliphatic rings. The SMILES string of the molecule is CC(CC(=O)Nc1ccc(C#CCO)cc1)C(C)(C)C. The van der Waals surface area contributed by atoms with Crippen LogP contribution in [0.1, 0.15) is 39.7 Å². The smallest absolute Gasteiger partial charge is 0.224 e. The van der Waals surface area contributed by atoms with Gasteiger partial charge in [0.15, 0.2) is 0 Å². The molecule has 108 valence electrons. The molecule has 20 heavy (non-hydrogen) atoms. The lowest BCUT2D eigenvalue weighted by Crippen LogP contribution is -2.23. The van der Waals surface area contributed by atoms with E-state index in [1.165, 1.54) is 0 Å². The van der Waals surface area contributed by atoms with Crippen LogP contribution in [0.25, 0.3) is 0 Å². The van der Waals surface area contributed by atoms with Gasteiger partial charge in [-0.1, -0.05) is 39.5 Å². The maximum absolute atomic E-state index is 12.0. The van der Waals surface area contributed by atoms with Crippen molar-refractivity contribution in [3.63, 3.8) is 0 Å². The topological polar surface area (TPSA) is 49.3 Å². The molecule has 1 amide bonds. The standard InChI is InChI=1S/C17H23NO2/c1-13(17(2,3)4)12-16(20)18-15-9-7-14(8-10-15)6-5-11-19/h7-10,13,19H,11-12H2,1-4H3,(H,18,20). The third-order valence-corrected chi connectivity index (χ3v) is 3.45. The summed E-state index contributed by atoms with van der Waals surface area (Å²) >= 11 is 0. The lowest BCUT2D eigenvalue weighted by molar-refractivity contribution is -0.117. The first kappa shape index (κ1) is 16.3. The lowest BCUT2D eigenvalue weighted by Gasteiger charge is -2.26. The van der Waals surface area contributed by atoms with Gasteiger partial charge in [-0.25, -0.2) is 0 Å². The number of aliphatic hydroxyl groups is 1. The largest absolute Gasteiger partial charge is 0.384 e. The molecule has 0 bridgehead atoms. The minimum atomic E-state index is -0.150. The van der Waals surface area contributed by atoms with Crippen LogP contribution in [0.3, 0.4) is 0 Å². The van der Waals surface area contributed by atoms with Crippen LogP contribution in [0.2, 0.25) is 0 Å². The van der Waals surface area contributed by atoms with E-state index in [0.717, 1.165) is 11.3 Å². The van der Waals surface area contributed by atoms with Gasteiger partial charge in [-0.2, -0.15) is 0 Å². The number of nitrogens with one attached hydrogen (secondary N) is 1. The molecule has 3 heteroatoms. The summed E-state index contributed by atoms with van der Waals surface area (Å²) in [5, 5.41) is 11.5. The summed E-state index contributed by atoms with van der Waals surface area (Å²) in [7, 11) is 0. The van der Waals surface area contributed by atoms with Gasteiger partial charge in [-0.15, -0.1) is 0 Å². The number of amides is 1. The third kappa shape index (κ3) is 5.46. The van der Waals surface area contributed by atoms with Crippen LogP contribution in [0, 0.1) is 23.2 Å². The molecular formula is C17H23NO2. The van der Waals surface area contributed by atoms with Gasteiger partial charge in [-0.05, 0) is 35.6 Å². The van der Waals surface area contributed by atoms with E-state index in [-0.39, 0.29) is 17.9 Å². The predicted molar refractivity (Wildman–Crippen MR) is 82.3 cm³/mol. The van der Waals surface area contributed by atoms with Crippen LogP contribution in [-0.2, 0) is 4.79 Å². The Kier molecular flexibility index (Phi) is 5.79. The molecule has 1 rings (SSSR count). The van der Waals surface area contributed by atoms with E-state index in [1.54, 1.807) is 0 Å². The second-order valence-corrected chi connectivity index (χ2v) is 6.06. The number of carbonyl (C=O) groups excluding carboxylic acids is 1. The normalized spacial score (nSPS) is 12.2. The molecule has 0 spiro atoms. The number of hydrogen-bond acceptors (Lipinski definition) is 2. The van der Waals surface area contributed by atoms with E-state index in [1.807, 2.05) is 24.3 Å². The Labute approximate surface area is 121 Å². The molecule has 0 fully saturated rings. The van der Waals surface area contributed by atoms with Crippen molar-refractivity contribution in [2.75, 3.05) is 11.9 Å². The second-order valence-electron chi connectivity index (χ2n) is 6.06. The average Bonchev–Trinajstić information content (AvgIpc) is 2.36. The zero-order chi connectivity index (χ0) is 15.2. The fourth-order valence-electron chi connectivity index (χ4n) is 1.57. The van der Waals surface area contributed by atoms with Gasteiger partial charge >= 0.3 is 0 Å². The Morgan fingerprint density at radius 3 is 2.40 bits per heavy atom. The van der Waals surface area contributed by atoms with E-state index in [2.05, 4.69) is 44.9 Å². The van der Waals surface area contributed by atoms with Crippen LogP contribution >= 0.6 is 0 Å². The Morgan fingerprint density at radius 2 is 1.90 bits per heavy atom. The van der Waals surface area contributed by atoms with Gasteiger partial charge in [-0.3, -0.25) is 4.79 Å². The first-order chi connectivity index (χ1) is 9.32. The van der Waals surface area contributed by atoms with Crippen molar-refractivity contribution in [3.8, 4) is 11.8 Å². The number of benzene rings is 1. The van der Waals surface area contributed by atoms with Crippen molar-refractivity contribution in [2.45, 2.75) is 34.1 Å². The first-order valence-electron chi connectivity index (χ1n) is 6.82. The lowest BCUT2D eigenvalue weighted by atomic mass is 9.80. The highest BCUT2D eigenvalue weighted by Gasteiger charge is 2.22. The number of hydrogen-bond donors (Lipinski definition) is 2. The predicted octanol–water partition coefficient (Wildman–Crippen LogP) is 3.04. The summed E-state index contributed by atoms with van der Waals surface area (Å²) in [6, 6.07) is 7.29. The highest BCUT2D eigenvalue weighted by molar-refractivity contribution is 5.90. The first-order valence-corrected chi connectivity index (χ1v) is 6.82. The molecule has 0 aliphatic heterocycles. The molecule has 0 aliphatic carbocycles. The molecule has 0 radical (unpaired) electrons. The van der Waals surface area contributed by atoms with Gasteiger partial charge in [0.1, 0.15) is 6.61 Å². The summed E-state index contributed by atoms with van der Waals surface area (Å²) in [5.41, 5.74) is 1.71. The van der Waals surface area contributed by atoms with Gasteiger partial charge in [0, 0.05) is 17.7 Å². The zero-order valence-electron chi connectivity index (χ0n) is 12.7. The van der Waals surface area contributed by atoms with Crippen molar-refractivity contribution in [1.29, 1.82) is 0 Å². The van der Waals surface area contributed by atoms with E-state index >= 15 is 0 Å². The fourth-order valence-corrected chi connectivity index (χ4v) is 1.57. The molecule has 3 nitrogen and oxygen atoms in total. The van der Waals surface area contributed by atoms with E-state index < -0.39 is 0 Å². The van der Waals surface area contributed by atoms with E-state index in [0.29, 0.717) is 12.3 Å². The quantitative estimate of drug-likeness (QED) is 0.832. The highest BCUT2D eigenvalue weighted by Crippen LogP contribution is 2.28. The zero-order valence-corrected chi connectivity index (χ0v) is 12.7. The molecule has 0 saturated carbocycles. The molecule has 0 aromatic heterocycles. The number of rotatable bonds is 3. The van der Waals surface area contributed by atoms with Gasteiger partial charge in [0.2, 0.25) is 5.91 Å². The molecule has 1 unspecified atom stereocenters. The van der Waals surface area contributed by atoms with Crippen molar-refractivity contribution in [2.24, 2.45) is 11.3 Å². The maximum atomic E-state index is 12.0. The minimum absolute atomic E-state index is 0.0293. The fraction of sp³-hybridized carbons (Fsp3) is 0.471. The summed E-state index contributed by atoms with van der Waals surface area (Å²) in [5.74, 6) is 5.75. The van der Waals surface area contributed by atoms with Crippen molar-refractivity contribution >= 4 is 11.6 Å². The Bertz CT molecular complexity index is 501. The molecule has 1 aromatic carbocycles. The summed E-state index contributed by atoms with van der Waals surface area (Å²) in [4.78, 5) is 12.0. The van der Waals surface area contributed by atoms with Crippen LogP contribution < -0.4 is 5.32 Å². The number of aliphatic hydroxyl groups excluding tert-OH is 1. The van der Waals surface area contributed by atoms with E-state index in [9.17, 15) is 4.79 Å². The van der Waals surface area contributed by atoms with Crippen molar-refractivity contribution in [1.82, 2.24) is 0 Å². The van der Waals surface area contributed by atoms with E-state index in [4.69, 9.17) is 5.11 Å². The molecule has 1 aromatic rings. The maximum Gasteiger partial charge on any atom is 0.224 e. The Hall–Kier alpha value is -1.79. The van der Waals surface area contributed by atoms with Gasteiger partial charge in [0.05, 0.1) is 0 Å². The molecule has 2 N–H and O–H groups in total. The third-order valence-electron chi connectivity index (χ3n) is 3.45. The molecule has 0 heterocycles. The van der Waals surface area contributed by atoms with Crippen LogP contribution in [0.5, 0.6) is 0 Å². The van der Waals surface area contributed by atoms with Crippen molar-refractivity contribution < 1.29 is 9.90 Å². The average molecular weight is 273 g/mol. The molecule has 0 saturated heterocycles. The Morgan fingerprint density at radius 1 is 1.30 bits per heavy atom. The Balaban J connectivity index is 2.58. The van der Waals surface area contributed by atoms with Gasteiger partial charge < -0.3 is 10.4 Å². The van der Waals surface area contributed by atoms with Crippen molar-refractivity contribution in [3.05, 3.63) is 29.8 Å². The number of carbonyl (C=O) groups is 1. The molecule has 1 atom stereocenters. The summed E-state index contributed by atoms with van der Waals surface area (Å²) in [6.07, 6.45) is 0.509. The second kappa shape index (κ2) is 7.12. The van der Waals surface area contributed by atoms with Crippen LogP contribution in [0.15, 0.2) is 24.3 Å².